The third-order valence-electron chi connectivity index (χ3n) is 4.02. The summed E-state index contributed by atoms with van der Waals surface area (Å²) in [5.74, 6) is 0. The highest BCUT2D eigenvalue weighted by Crippen LogP contribution is 2.23. The lowest BCUT2D eigenvalue weighted by Gasteiger charge is -2.05. The highest BCUT2D eigenvalue weighted by molar-refractivity contribution is 5.68. The van der Waals surface area contributed by atoms with Gasteiger partial charge in [-0.15, -0.1) is 0 Å². The first-order valence-electron chi connectivity index (χ1n) is 7.69. The number of H-pyrrole nitrogens is 1. The summed E-state index contributed by atoms with van der Waals surface area (Å²) in [6.07, 6.45) is 7.44. The number of aliphatic hydroxyl groups excluding tert-OH is 1. The van der Waals surface area contributed by atoms with Gasteiger partial charge in [-0.1, -0.05) is 24.3 Å². The summed E-state index contributed by atoms with van der Waals surface area (Å²) < 4.78 is 3.53. The lowest BCUT2D eigenvalue weighted by molar-refractivity contribution is 0.269. The molecule has 0 spiro atoms. The molecule has 0 aliphatic rings. The molecule has 1 aromatic carbocycles. The second kappa shape index (κ2) is 5.82. The average molecular weight is 320 g/mol. The molecule has 6 nitrogen and oxygen atoms in total. The van der Waals surface area contributed by atoms with E-state index in [4.69, 9.17) is 5.11 Å². The smallest absolute Gasteiger partial charge is 0.272 e. The molecule has 3 heterocycles. The van der Waals surface area contributed by atoms with Crippen molar-refractivity contribution < 1.29 is 5.11 Å². The first kappa shape index (κ1) is 14.5. The number of nitrogens with one attached hydrogen (secondary N) is 1. The van der Waals surface area contributed by atoms with Gasteiger partial charge < -0.3 is 14.5 Å². The van der Waals surface area contributed by atoms with Gasteiger partial charge in [-0.3, -0.25) is 9.48 Å². The molecular formula is C18H16N4O2. The van der Waals surface area contributed by atoms with Crippen LogP contribution in [0, 0.1) is 0 Å². The van der Waals surface area contributed by atoms with Crippen LogP contribution in [0.1, 0.15) is 0 Å². The molecule has 0 radical (unpaired) electrons. The van der Waals surface area contributed by atoms with E-state index in [9.17, 15) is 4.79 Å². The van der Waals surface area contributed by atoms with Crippen molar-refractivity contribution in [3.8, 4) is 22.4 Å². The van der Waals surface area contributed by atoms with Gasteiger partial charge >= 0.3 is 0 Å². The number of rotatable bonds is 4. The molecule has 24 heavy (non-hydrogen) atoms. The fraction of sp³-hybridized carbons (Fsp3) is 0.111. The van der Waals surface area contributed by atoms with Crippen molar-refractivity contribution in [3.63, 3.8) is 0 Å². The van der Waals surface area contributed by atoms with Gasteiger partial charge in [-0.2, -0.15) is 5.10 Å². The van der Waals surface area contributed by atoms with Gasteiger partial charge in [0.1, 0.15) is 5.52 Å². The van der Waals surface area contributed by atoms with Crippen molar-refractivity contribution in [1.29, 1.82) is 0 Å². The number of aromatic amines is 1. The van der Waals surface area contributed by atoms with Crippen molar-refractivity contribution in [1.82, 2.24) is 19.2 Å². The Morgan fingerprint density at radius 2 is 1.83 bits per heavy atom. The van der Waals surface area contributed by atoms with E-state index in [1.807, 2.05) is 53.3 Å². The largest absolute Gasteiger partial charge is 0.394 e. The first-order valence-corrected chi connectivity index (χ1v) is 7.69. The average Bonchev–Trinajstić information content (AvgIpc) is 3.25. The Bertz CT molecular complexity index is 1040. The summed E-state index contributed by atoms with van der Waals surface area (Å²) in [6.45, 7) is 0.547. The number of nitrogens with zero attached hydrogens (tertiary/aromatic N) is 3. The van der Waals surface area contributed by atoms with Gasteiger partial charge in [0, 0.05) is 24.2 Å². The fourth-order valence-corrected chi connectivity index (χ4v) is 2.78. The van der Waals surface area contributed by atoms with Gasteiger partial charge in [0.05, 0.1) is 25.0 Å². The molecule has 3 aromatic heterocycles. The lowest BCUT2D eigenvalue weighted by Crippen LogP contribution is -2.09. The van der Waals surface area contributed by atoms with E-state index in [1.54, 1.807) is 16.9 Å². The molecule has 2 N–H and O–H groups in total. The SMILES string of the molecule is O=c1[nH]c(-c2ccc(-c3cnn(CCO)c3)cc2)cn2cccc12. The number of hydrogen-bond acceptors (Lipinski definition) is 3. The van der Waals surface area contributed by atoms with Crippen molar-refractivity contribution in [2.45, 2.75) is 6.54 Å². The van der Waals surface area contributed by atoms with Crippen LogP contribution in [0.4, 0.5) is 0 Å². The molecule has 120 valence electrons. The van der Waals surface area contributed by atoms with E-state index >= 15 is 0 Å². The van der Waals surface area contributed by atoms with E-state index in [1.165, 1.54) is 0 Å². The molecule has 0 fully saturated rings. The highest BCUT2D eigenvalue weighted by atomic mass is 16.3. The van der Waals surface area contributed by atoms with E-state index in [2.05, 4.69) is 10.1 Å². The molecule has 0 unspecified atom stereocenters. The third-order valence-corrected chi connectivity index (χ3v) is 4.02. The molecule has 0 bridgehead atoms. The Hall–Kier alpha value is -3.12. The summed E-state index contributed by atoms with van der Waals surface area (Å²) in [4.78, 5) is 15.0. The summed E-state index contributed by atoms with van der Waals surface area (Å²) in [7, 11) is 0. The van der Waals surface area contributed by atoms with Gasteiger partial charge in [-0.25, -0.2) is 0 Å². The van der Waals surface area contributed by atoms with E-state index < -0.39 is 0 Å². The molecule has 6 heteroatoms. The fourth-order valence-electron chi connectivity index (χ4n) is 2.78. The summed E-state index contributed by atoms with van der Waals surface area (Å²) in [5.41, 5.74) is 4.26. The van der Waals surface area contributed by atoms with Gasteiger partial charge in [0.2, 0.25) is 0 Å². The number of benzene rings is 1. The highest BCUT2D eigenvalue weighted by Gasteiger charge is 2.06. The van der Waals surface area contributed by atoms with Crippen LogP contribution in [0.15, 0.2) is 66.0 Å². The molecule has 0 amide bonds. The van der Waals surface area contributed by atoms with Crippen LogP contribution in [0.2, 0.25) is 0 Å². The van der Waals surface area contributed by atoms with Gasteiger partial charge in [0.15, 0.2) is 0 Å². The Morgan fingerprint density at radius 1 is 1.04 bits per heavy atom. The number of aliphatic hydroxyl groups is 1. The van der Waals surface area contributed by atoms with Crippen LogP contribution in [0.3, 0.4) is 0 Å². The first-order chi connectivity index (χ1) is 11.7. The summed E-state index contributed by atoms with van der Waals surface area (Å²) in [6, 6.07) is 11.6. The van der Waals surface area contributed by atoms with Crippen LogP contribution in [-0.4, -0.2) is 30.9 Å². The van der Waals surface area contributed by atoms with Crippen LogP contribution in [0.5, 0.6) is 0 Å². The molecule has 0 saturated heterocycles. The maximum absolute atomic E-state index is 12.1. The molecule has 0 aliphatic heterocycles. The topological polar surface area (TPSA) is 75.3 Å². The summed E-state index contributed by atoms with van der Waals surface area (Å²) in [5, 5.41) is 13.2. The number of fused-ring (bicyclic) bond motifs is 1. The Balaban J connectivity index is 1.68. The molecular weight excluding hydrogens is 304 g/mol. The third kappa shape index (κ3) is 2.53. The minimum atomic E-state index is -0.105. The van der Waals surface area contributed by atoms with Crippen molar-refractivity contribution >= 4 is 5.52 Å². The molecule has 0 atom stereocenters. The standard InChI is InChI=1S/C18H16N4O2/c23-9-8-22-11-15(10-19-22)13-3-5-14(6-4-13)16-12-21-7-1-2-17(21)18(24)20-16/h1-7,10-12,23H,8-9H2,(H,20,24). The Morgan fingerprint density at radius 3 is 2.62 bits per heavy atom. The van der Waals surface area contributed by atoms with Crippen LogP contribution in [-0.2, 0) is 6.54 Å². The predicted octanol–water partition coefficient (Wildman–Crippen LogP) is 2.15. The quantitative estimate of drug-likeness (QED) is 0.605. The number of hydrogen-bond donors (Lipinski definition) is 2. The monoisotopic (exact) mass is 320 g/mol. The van der Waals surface area contributed by atoms with Crippen molar-refractivity contribution in [2.24, 2.45) is 0 Å². The molecule has 4 rings (SSSR count). The lowest BCUT2D eigenvalue weighted by atomic mass is 10.1. The Labute approximate surface area is 137 Å². The van der Waals surface area contributed by atoms with Crippen LogP contribution in [0.25, 0.3) is 27.9 Å². The normalized spacial score (nSPS) is 11.2. The molecule has 0 saturated carbocycles. The van der Waals surface area contributed by atoms with Crippen molar-refractivity contribution in [3.05, 3.63) is 71.5 Å². The number of aromatic nitrogens is 4. The van der Waals surface area contributed by atoms with Crippen molar-refractivity contribution in [2.75, 3.05) is 6.61 Å². The zero-order chi connectivity index (χ0) is 16.5. The molecule has 4 aromatic rings. The predicted molar refractivity (Wildman–Crippen MR) is 91.8 cm³/mol. The maximum atomic E-state index is 12.1. The zero-order valence-corrected chi connectivity index (χ0v) is 12.9. The van der Waals surface area contributed by atoms with Crippen LogP contribution >= 0.6 is 0 Å². The minimum Gasteiger partial charge on any atom is -0.394 e. The van der Waals surface area contributed by atoms with E-state index in [0.717, 1.165) is 22.4 Å². The Kier molecular flexibility index (Phi) is 3.51. The van der Waals surface area contributed by atoms with E-state index in [0.29, 0.717) is 12.1 Å². The summed E-state index contributed by atoms with van der Waals surface area (Å²) >= 11 is 0. The second-order valence-corrected chi connectivity index (χ2v) is 5.59. The van der Waals surface area contributed by atoms with E-state index in [-0.39, 0.29) is 12.2 Å². The maximum Gasteiger partial charge on any atom is 0.272 e. The minimum absolute atomic E-state index is 0.0648. The molecule has 0 aliphatic carbocycles. The van der Waals surface area contributed by atoms with Gasteiger partial charge in [-0.05, 0) is 23.3 Å². The van der Waals surface area contributed by atoms with Gasteiger partial charge in [0.25, 0.3) is 5.56 Å². The second-order valence-electron chi connectivity index (χ2n) is 5.59. The zero-order valence-electron chi connectivity index (χ0n) is 12.9. The van der Waals surface area contributed by atoms with Crippen LogP contribution < -0.4 is 5.56 Å².